The van der Waals surface area contributed by atoms with Gasteiger partial charge in [0.05, 0.1) is 32.3 Å². The van der Waals surface area contributed by atoms with E-state index in [-0.39, 0.29) is 24.0 Å². The summed E-state index contributed by atoms with van der Waals surface area (Å²) in [5.74, 6) is -0.584. The molecule has 6 nitrogen and oxygen atoms in total. The third-order valence-electron chi connectivity index (χ3n) is 3.85. The average molecular weight is 313 g/mol. The van der Waals surface area contributed by atoms with Crippen LogP contribution in [0.4, 0.5) is 4.79 Å². The molecule has 0 N–H and O–H groups in total. The molecule has 3 atom stereocenters. The Kier molecular flexibility index (Phi) is 6.41. The molecule has 22 heavy (non-hydrogen) atoms. The van der Waals surface area contributed by atoms with Crippen molar-refractivity contribution in [3.63, 3.8) is 0 Å². The number of carbonyl (C=O) groups excluding carboxylic acids is 2. The van der Waals surface area contributed by atoms with Crippen LogP contribution in [0.15, 0.2) is 12.2 Å². The highest BCUT2D eigenvalue weighted by Gasteiger charge is 2.47. The van der Waals surface area contributed by atoms with Gasteiger partial charge in [0.25, 0.3) is 0 Å². The number of rotatable bonds is 5. The average Bonchev–Trinajstić information content (AvgIpc) is 2.70. The summed E-state index contributed by atoms with van der Waals surface area (Å²) in [4.78, 5) is 25.4. The van der Waals surface area contributed by atoms with Gasteiger partial charge in [-0.1, -0.05) is 25.5 Å². The van der Waals surface area contributed by atoms with Gasteiger partial charge in [-0.3, -0.25) is 9.69 Å². The smallest absolute Gasteiger partial charge is 0.412 e. The topological polar surface area (TPSA) is 65.1 Å². The molecule has 1 aliphatic rings. The number of carbonyl (C=O) groups is 2. The van der Waals surface area contributed by atoms with Crippen LogP contribution in [-0.2, 0) is 19.0 Å². The Labute approximate surface area is 132 Å². The molecule has 0 bridgehead atoms. The Hall–Kier alpha value is -1.56. The van der Waals surface area contributed by atoms with Gasteiger partial charge in [-0.05, 0) is 27.2 Å². The lowest BCUT2D eigenvalue weighted by molar-refractivity contribution is -0.143. The van der Waals surface area contributed by atoms with Gasteiger partial charge < -0.3 is 14.2 Å². The predicted octanol–water partition coefficient (Wildman–Crippen LogP) is 2.72. The van der Waals surface area contributed by atoms with Gasteiger partial charge in [-0.25, -0.2) is 4.79 Å². The molecule has 0 unspecified atom stereocenters. The largest absolute Gasteiger partial charge is 0.469 e. The fraction of sp³-hybridized carbons (Fsp3) is 0.750. The van der Waals surface area contributed by atoms with Crippen LogP contribution in [0.2, 0.25) is 0 Å². The summed E-state index contributed by atoms with van der Waals surface area (Å²) in [6.07, 6.45) is 4.57. The molecule has 1 heterocycles. The van der Waals surface area contributed by atoms with Gasteiger partial charge in [0.15, 0.2) is 0 Å². The quantitative estimate of drug-likeness (QED) is 0.577. The van der Waals surface area contributed by atoms with E-state index in [4.69, 9.17) is 14.2 Å². The van der Waals surface area contributed by atoms with Crippen molar-refractivity contribution >= 4 is 12.1 Å². The molecule has 0 aromatic heterocycles. The summed E-state index contributed by atoms with van der Waals surface area (Å²) >= 11 is 0. The van der Waals surface area contributed by atoms with Crippen LogP contribution in [0.5, 0.6) is 0 Å². The summed E-state index contributed by atoms with van der Waals surface area (Å²) in [7, 11) is 2.72. The van der Waals surface area contributed by atoms with Gasteiger partial charge in [-0.2, -0.15) is 0 Å². The van der Waals surface area contributed by atoms with Gasteiger partial charge in [0.1, 0.15) is 5.72 Å². The fourth-order valence-electron chi connectivity index (χ4n) is 2.84. The van der Waals surface area contributed by atoms with Crippen LogP contribution in [-0.4, -0.2) is 49.1 Å². The van der Waals surface area contributed by atoms with E-state index in [9.17, 15) is 9.59 Å². The lowest BCUT2D eigenvalue weighted by atomic mass is 10.0. The molecule has 0 aromatic rings. The van der Waals surface area contributed by atoms with Crippen LogP contribution in [0.3, 0.4) is 0 Å². The maximum atomic E-state index is 12.0. The van der Waals surface area contributed by atoms with Crippen LogP contribution in [0, 0.1) is 5.92 Å². The van der Waals surface area contributed by atoms with Crippen LogP contribution in [0.25, 0.3) is 0 Å². The number of esters is 1. The van der Waals surface area contributed by atoms with E-state index in [0.29, 0.717) is 6.42 Å². The van der Waals surface area contributed by atoms with Crippen molar-refractivity contribution in [3.8, 4) is 0 Å². The third-order valence-corrected chi connectivity index (χ3v) is 3.85. The first-order chi connectivity index (χ1) is 10.3. The van der Waals surface area contributed by atoms with E-state index in [1.54, 1.807) is 11.0 Å². The Morgan fingerprint density at radius 2 is 1.95 bits per heavy atom. The van der Waals surface area contributed by atoms with Gasteiger partial charge in [0, 0.05) is 0 Å². The molecule has 126 valence electrons. The lowest BCUT2D eigenvalue weighted by Crippen LogP contribution is -2.47. The zero-order valence-electron chi connectivity index (χ0n) is 14.3. The van der Waals surface area contributed by atoms with Gasteiger partial charge in [0.2, 0.25) is 0 Å². The van der Waals surface area contributed by atoms with E-state index >= 15 is 0 Å². The van der Waals surface area contributed by atoms with Crippen LogP contribution < -0.4 is 0 Å². The van der Waals surface area contributed by atoms with Crippen molar-refractivity contribution in [1.82, 2.24) is 4.90 Å². The van der Waals surface area contributed by atoms with Crippen molar-refractivity contribution in [3.05, 3.63) is 12.2 Å². The van der Waals surface area contributed by atoms with E-state index in [2.05, 4.69) is 0 Å². The minimum atomic E-state index is -0.757. The van der Waals surface area contributed by atoms with E-state index in [1.165, 1.54) is 14.2 Å². The maximum Gasteiger partial charge on any atom is 0.412 e. The van der Waals surface area contributed by atoms with Crippen molar-refractivity contribution < 1.29 is 23.8 Å². The lowest BCUT2D eigenvalue weighted by Gasteiger charge is -2.31. The number of amides is 1. The molecular formula is C16H27NO5. The second-order valence-electron chi connectivity index (χ2n) is 5.90. The summed E-state index contributed by atoms with van der Waals surface area (Å²) in [6, 6.07) is -0.286. The highest BCUT2D eigenvalue weighted by molar-refractivity contribution is 5.74. The Bertz CT molecular complexity index is 432. The van der Waals surface area contributed by atoms with Crippen LogP contribution in [0.1, 0.15) is 40.5 Å². The summed E-state index contributed by atoms with van der Waals surface area (Å²) in [5.41, 5.74) is -0.757. The first-order valence-corrected chi connectivity index (χ1v) is 7.59. The maximum absolute atomic E-state index is 12.0. The highest BCUT2D eigenvalue weighted by atomic mass is 16.6. The molecule has 1 fully saturated rings. The van der Waals surface area contributed by atoms with Gasteiger partial charge in [-0.15, -0.1) is 0 Å². The third kappa shape index (κ3) is 4.00. The second-order valence-corrected chi connectivity index (χ2v) is 5.90. The van der Waals surface area contributed by atoms with E-state index in [0.717, 1.165) is 6.42 Å². The second kappa shape index (κ2) is 7.63. The van der Waals surface area contributed by atoms with E-state index in [1.807, 2.05) is 33.8 Å². The fourth-order valence-corrected chi connectivity index (χ4v) is 2.84. The normalized spacial score (nSPS) is 25.3. The first-order valence-electron chi connectivity index (χ1n) is 7.59. The summed E-state index contributed by atoms with van der Waals surface area (Å²) in [5, 5.41) is 0. The molecule has 6 heteroatoms. The molecule has 0 spiro atoms. The molecule has 1 aliphatic heterocycles. The Morgan fingerprint density at radius 1 is 1.32 bits per heavy atom. The molecule has 0 saturated carbocycles. The van der Waals surface area contributed by atoms with Crippen molar-refractivity contribution in [2.75, 3.05) is 14.2 Å². The SMILES string of the molecule is CCC[C@@H](/C=C/[C@@H]1[C@@H](C)OC(C)(C)N1C(=O)OC)C(=O)OC. The van der Waals surface area contributed by atoms with Crippen LogP contribution >= 0.6 is 0 Å². The van der Waals surface area contributed by atoms with E-state index < -0.39 is 11.8 Å². The predicted molar refractivity (Wildman–Crippen MR) is 82.2 cm³/mol. The molecule has 1 saturated heterocycles. The number of nitrogens with zero attached hydrogens (tertiary/aromatic N) is 1. The number of methoxy groups -OCH3 is 2. The Balaban J connectivity index is 2.98. The molecule has 0 aliphatic carbocycles. The monoisotopic (exact) mass is 313 g/mol. The minimum Gasteiger partial charge on any atom is -0.469 e. The minimum absolute atomic E-state index is 0.190. The number of hydrogen-bond acceptors (Lipinski definition) is 5. The number of ether oxygens (including phenoxy) is 3. The standard InChI is InChI=1S/C16H27NO5/c1-7-8-12(14(18)20-5)9-10-13-11(2)22-16(3,4)17(13)15(19)21-6/h9-13H,7-8H2,1-6H3/b10-9+/t11-,12+,13-/m1/s1. The van der Waals surface area contributed by atoms with Crippen molar-refractivity contribution in [2.24, 2.45) is 5.92 Å². The number of hydrogen-bond donors (Lipinski definition) is 0. The zero-order valence-corrected chi connectivity index (χ0v) is 14.3. The highest BCUT2D eigenvalue weighted by Crippen LogP contribution is 2.33. The van der Waals surface area contributed by atoms with Crippen molar-refractivity contribution in [1.29, 1.82) is 0 Å². The zero-order chi connectivity index (χ0) is 16.9. The van der Waals surface area contributed by atoms with Gasteiger partial charge >= 0.3 is 12.1 Å². The summed E-state index contributed by atoms with van der Waals surface area (Å²) < 4.78 is 15.5. The molecule has 1 rings (SSSR count). The Morgan fingerprint density at radius 3 is 2.45 bits per heavy atom. The molecule has 1 amide bonds. The van der Waals surface area contributed by atoms with Crippen molar-refractivity contribution in [2.45, 2.75) is 58.4 Å². The summed E-state index contributed by atoms with van der Waals surface area (Å²) in [6.45, 7) is 7.54. The first kappa shape index (κ1) is 18.5. The molecule has 0 radical (unpaired) electrons. The molecular weight excluding hydrogens is 286 g/mol. The molecule has 0 aromatic carbocycles.